The number of carbonyl (C=O) groups is 2. The molecule has 1 atom stereocenters. The molecule has 0 bridgehead atoms. The number of unbranched alkanes of at least 4 members (excludes halogenated alkanes) is 1. The molecule has 0 saturated carbocycles. The van der Waals surface area contributed by atoms with Gasteiger partial charge in [-0.2, -0.15) is 0 Å². The van der Waals surface area contributed by atoms with Crippen molar-refractivity contribution < 1.29 is 14.7 Å². The molecule has 0 aromatic heterocycles. The van der Waals surface area contributed by atoms with E-state index in [1.807, 2.05) is 43.3 Å². The normalized spacial score (nSPS) is 18.7. The van der Waals surface area contributed by atoms with Crippen molar-refractivity contribution in [2.45, 2.75) is 52.5 Å². The van der Waals surface area contributed by atoms with Gasteiger partial charge in [0.05, 0.1) is 11.6 Å². The first-order valence-corrected chi connectivity index (χ1v) is 10.3. The molecular weight excluding hydrogens is 362 g/mol. The van der Waals surface area contributed by atoms with Gasteiger partial charge in [-0.1, -0.05) is 81.3 Å². The first-order valence-electron chi connectivity index (χ1n) is 10.3. The van der Waals surface area contributed by atoms with Crippen molar-refractivity contribution in [2.75, 3.05) is 6.54 Å². The van der Waals surface area contributed by atoms with Gasteiger partial charge in [-0.15, -0.1) is 0 Å². The number of hydrogen-bond acceptors (Lipinski definition) is 3. The standard InChI is InChI=1S/C25H29NO3/c1-5-6-15-26-22(19-13-11-18(12-14-19)16(2)3)21(24(28)25(26)29)23(27)20-9-7-17(4)8-10-20/h7-14,16,22,27H,5-6,15H2,1-4H3/b23-21-. The minimum atomic E-state index is -0.614. The van der Waals surface area contributed by atoms with Crippen LogP contribution in [0.5, 0.6) is 0 Å². The van der Waals surface area contributed by atoms with Crippen molar-refractivity contribution >= 4 is 17.4 Å². The van der Waals surface area contributed by atoms with E-state index in [4.69, 9.17) is 0 Å². The maximum Gasteiger partial charge on any atom is 0.295 e. The van der Waals surface area contributed by atoms with Gasteiger partial charge in [0.25, 0.3) is 11.7 Å². The molecule has 0 radical (unpaired) electrons. The zero-order valence-electron chi connectivity index (χ0n) is 17.6. The van der Waals surface area contributed by atoms with Gasteiger partial charge in [0.2, 0.25) is 0 Å². The predicted octanol–water partition coefficient (Wildman–Crippen LogP) is 5.34. The first-order chi connectivity index (χ1) is 13.8. The summed E-state index contributed by atoms with van der Waals surface area (Å²) in [5.41, 5.74) is 3.82. The number of nitrogens with zero attached hydrogens (tertiary/aromatic N) is 1. The third-order valence-corrected chi connectivity index (χ3v) is 5.54. The first kappa shape index (κ1) is 20.8. The molecule has 29 heavy (non-hydrogen) atoms. The fourth-order valence-electron chi connectivity index (χ4n) is 3.72. The Bertz CT molecular complexity index is 924. The monoisotopic (exact) mass is 391 g/mol. The highest BCUT2D eigenvalue weighted by Crippen LogP contribution is 2.39. The smallest absolute Gasteiger partial charge is 0.295 e. The van der Waals surface area contributed by atoms with Gasteiger partial charge in [0.1, 0.15) is 5.76 Å². The zero-order valence-corrected chi connectivity index (χ0v) is 17.6. The van der Waals surface area contributed by atoms with Gasteiger partial charge in [-0.25, -0.2) is 0 Å². The van der Waals surface area contributed by atoms with E-state index >= 15 is 0 Å². The Balaban J connectivity index is 2.13. The molecular formula is C25H29NO3. The quantitative estimate of drug-likeness (QED) is 0.411. The number of ketones is 1. The second-order valence-electron chi connectivity index (χ2n) is 8.03. The molecule has 1 N–H and O–H groups in total. The number of amides is 1. The number of likely N-dealkylation sites (tertiary alicyclic amines) is 1. The number of Topliss-reactive ketones (excluding diaryl/α,β-unsaturated/α-hetero) is 1. The summed E-state index contributed by atoms with van der Waals surface area (Å²) >= 11 is 0. The van der Waals surface area contributed by atoms with E-state index in [-0.39, 0.29) is 11.3 Å². The summed E-state index contributed by atoms with van der Waals surface area (Å²) in [5, 5.41) is 11.0. The Labute approximate surface area is 172 Å². The van der Waals surface area contributed by atoms with Gasteiger partial charge >= 0.3 is 0 Å². The minimum absolute atomic E-state index is 0.111. The molecule has 1 saturated heterocycles. The van der Waals surface area contributed by atoms with Crippen molar-refractivity contribution in [2.24, 2.45) is 0 Å². The van der Waals surface area contributed by atoms with Crippen LogP contribution in [0.4, 0.5) is 0 Å². The summed E-state index contributed by atoms with van der Waals surface area (Å²) in [6.07, 6.45) is 1.72. The predicted molar refractivity (Wildman–Crippen MR) is 116 cm³/mol. The second kappa shape index (κ2) is 8.64. The molecule has 2 aromatic carbocycles. The maximum absolute atomic E-state index is 12.9. The largest absolute Gasteiger partial charge is 0.507 e. The molecule has 1 unspecified atom stereocenters. The fraction of sp³-hybridized carbons (Fsp3) is 0.360. The average Bonchev–Trinajstić information content (AvgIpc) is 2.97. The van der Waals surface area contributed by atoms with Crippen LogP contribution in [-0.4, -0.2) is 28.2 Å². The van der Waals surface area contributed by atoms with Crippen LogP contribution in [0.3, 0.4) is 0 Å². The van der Waals surface area contributed by atoms with Gasteiger partial charge in [0.15, 0.2) is 0 Å². The van der Waals surface area contributed by atoms with E-state index in [1.165, 1.54) is 5.56 Å². The number of aliphatic hydroxyl groups is 1. The van der Waals surface area contributed by atoms with Crippen LogP contribution < -0.4 is 0 Å². The number of aryl methyl sites for hydroxylation is 1. The van der Waals surface area contributed by atoms with Gasteiger partial charge in [0, 0.05) is 12.1 Å². The molecule has 1 amide bonds. The Kier molecular flexibility index (Phi) is 6.21. The van der Waals surface area contributed by atoms with Crippen LogP contribution in [-0.2, 0) is 9.59 Å². The molecule has 152 valence electrons. The Morgan fingerprint density at radius 2 is 1.66 bits per heavy atom. The highest BCUT2D eigenvalue weighted by Gasteiger charge is 2.45. The van der Waals surface area contributed by atoms with Crippen LogP contribution in [0.25, 0.3) is 5.76 Å². The molecule has 1 fully saturated rings. The van der Waals surface area contributed by atoms with E-state index in [1.54, 1.807) is 17.0 Å². The molecule has 4 heteroatoms. The van der Waals surface area contributed by atoms with Crippen LogP contribution in [0.1, 0.15) is 67.8 Å². The van der Waals surface area contributed by atoms with Crippen LogP contribution in [0.15, 0.2) is 54.1 Å². The highest BCUT2D eigenvalue weighted by atomic mass is 16.3. The summed E-state index contributed by atoms with van der Waals surface area (Å²) in [6.45, 7) is 8.75. The van der Waals surface area contributed by atoms with Gasteiger partial charge in [-0.3, -0.25) is 9.59 Å². The molecule has 0 spiro atoms. The average molecular weight is 392 g/mol. The van der Waals surface area contributed by atoms with Crippen LogP contribution in [0, 0.1) is 6.92 Å². The third kappa shape index (κ3) is 4.12. The highest BCUT2D eigenvalue weighted by molar-refractivity contribution is 6.46. The lowest BCUT2D eigenvalue weighted by Gasteiger charge is -2.25. The lowest BCUT2D eigenvalue weighted by atomic mass is 9.93. The number of benzene rings is 2. The maximum atomic E-state index is 12.9. The lowest BCUT2D eigenvalue weighted by Crippen LogP contribution is -2.30. The molecule has 2 aromatic rings. The van der Waals surface area contributed by atoms with Crippen LogP contribution >= 0.6 is 0 Å². The topological polar surface area (TPSA) is 57.6 Å². The second-order valence-corrected chi connectivity index (χ2v) is 8.03. The Morgan fingerprint density at radius 1 is 1.03 bits per heavy atom. The molecule has 4 nitrogen and oxygen atoms in total. The number of aliphatic hydroxyl groups excluding tert-OH is 1. The van der Waals surface area contributed by atoms with E-state index in [9.17, 15) is 14.7 Å². The summed E-state index contributed by atoms with van der Waals surface area (Å²) in [5.74, 6) is -0.870. The van der Waals surface area contributed by atoms with Crippen molar-refractivity contribution in [1.82, 2.24) is 4.90 Å². The number of rotatable bonds is 6. The molecule has 3 rings (SSSR count). The summed E-state index contributed by atoms with van der Waals surface area (Å²) in [4.78, 5) is 27.3. The summed E-state index contributed by atoms with van der Waals surface area (Å²) < 4.78 is 0. The molecule has 1 heterocycles. The van der Waals surface area contributed by atoms with Crippen molar-refractivity contribution in [3.8, 4) is 0 Å². The van der Waals surface area contributed by atoms with Gasteiger partial charge in [-0.05, 0) is 30.4 Å². The SMILES string of the molecule is CCCCN1C(=O)C(=O)/C(=C(\O)c2ccc(C)cc2)C1c1ccc(C(C)C)cc1. The van der Waals surface area contributed by atoms with E-state index < -0.39 is 17.7 Å². The van der Waals surface area contributed by atoms with Crippen molar-refractivity contribution in [3.63, 3.8) is 0 Å². The Hall–Kier alpha value is -2.88. The van der Waals surface area contributed by atoms with E-state index in [0.29, 0.717) is 18.0 Å². The summed E-state index contributed by atoms with van der Waals surface area (Å²) in [6, 6.07) is 14.8. The van der Waals surface area contributed by atoms with Crippen LogP contribution in [0.2, 0.25) is 0 Å². The minimum Gasteiger partial charge on any atom is -0.507 e. The summed E-state index contributed by atoms with van der Waals surface area (Å²) in [7, 11) is 0. The van der Waals surface area contributed by atoms with Gasteiger partial charge < -0.3 is 10.0 Å². The van der Waals surface area contributed by atoms with E-state index in [0.717, 1.165) is 24.0 Å². The molecule has 1 aliphatic heterocycles. The Morgan fingerprint density at radius 3 is 2.21 bits per heavy atom. The van der Waals surface area contributed by atoms with Crippen molar-refractivity contribution in [1.29, 1.82) is 0 Å². The lowest BCUT2D eigenvalue weighted by molar-refractivity contribution is -0.139. The van der Waals surface area contributed by atoms with Crippen molar-refractivity contribution in [3.05, 3.63) is 76.4 Å². The molecule has 0 aliphatic carbocycles. The van der Waals surface area contributed by atoms with E-state index in [2.05, 4.69) is 20.8 Å². The third-order valence-electron chi connectivity index (χ3n) is 5.54. The number of carbonyl (C=O) groups excluding carboxylic acids is 2. The zero-order chi connectivity index (χ0) is 21.1. The molecule has 1 aliphatic rings. The fourth-order valence-corrected chi connectivity index (χ4v) is 3.72. The number of hydrogen-bond donors (Lipinski definition) is 1.